The molecule has 2 saturated heterocycles. The summed E-state index contributed by atoms with van der Waals surface area (Å²) in [5, 5.41) is 1.92. The molecule has 0 bridgehead atoms. The molecule has 0 unspecified atom stereocenters. The molecule has 0 atom stereocenters. The molecule has 0 saturated carbocycles. The Bertz CT molecular complexity index is 782. The molecule has 8 heteroatoms. The fourth-order valence-corrected chi connectivity index (χ4v) is 4.37. The number of nitrogens with zero attached hydrogens (tertiary/aromatic N) is 5. The summed E-state index contributed by atoms with van der Waals surface area (Å²) in [6.45, 7) is 6.38. The summed E-state index contributed by atoms with van der Waals surface area (Å²) in [5.41, 5.74) is 0. The summed E-state index contributed by atoms with van der Waals surface area (Å²) >= 11 is 1.47. The number of anilines is 1. The Labute approximate surface area is 169 Å². The standard InChI is InChI=1S/C20H25N5O2S/c26-19(16-22-7-9-23(10-8-22)18-5-1-2-6-21-18)24-11-13-25(14-12-24)20(27)17-4-3-15-28-17/h1-6,15H,7-14,16H2. The molecule has 0 aromatic carbocycles. The molecule has 2 aliphatic rings. The van der Waals surface area contributed by atoms with E-state index in [1.807, 2.05) is 51.7 Å². The highest BCUT2D eigenvalue weighted by atomic mass is 32.1. The van der Waals surface area contributed by atoms with Gasteiger partial charge in [0.15, 0.2) is 0 Å². The molecule has 28 heavy (non-hydrogen) atoms. The zero-order valence-electron chi connectivity index (χ0n) is 15.9. The smallest absolute Gasteiger partial charge is 0.264 e. The number of amides is 2. The highest BCUT2D eigenvalue weighted by Crippen LogP contribution is 2.15. The number of piperazine rings is 2. The Hall–Kier alpha value is -2.45. The molecule has 7 nitrogen and oxygen atoms in total. The van der Waals surface area contributed by atoms with Gasteiger partial charge in [0.1, 0.15) is 5.82 Å². The van der Waals surface area contributed by atoms with E-state index in [4.69, 9.17) is 0 Å². The van der Waals surface area contributed by atoms with Crippen LogP contribution in [0.3, 0.4) is 0 Å². The van der Waals surface area contributed by atoms with Crippen LogP contribution < -0.4 is 4.90 Å². The topological polar surface area (TPSA) is 60.0 Å². The Morgan fingerprint density at radius 1 is 0.893 bits per heavy atom. The van der Waals surface area contributed by atoms with Gasteiger partial charge in [0.2, 0.25) is 5.91 Å². The fraction of sp³-hybridized carbons (Fsp3) is 0.450. The van der Waals surface area contributed by atoms with Crippen LogP contribution in [0.15, 0.2) is 41.9 Å². The fourth-order valence-electron chi connectivity index (χ4n) is 3.68. The first-order chi connectivity index (χ1) is 13.7. The van der Waals surface area contributed by atoms with E-state index in [0.29, 0.717) is 32.7 Å². The molecular formula is C20H25N5O2S. The Morgan fingerprint density at radius 2 is 1.64 bits per heavy atom. The molecule has 4 heterocycles. The van der Waals surface area contributed by atoms with Crippen molar-refractivity contribution in [2.75, 3.05) is 63.8 Å². The van der Waals surface area contributed by atoms with Gasteiger partial charge in [-0.05, 0) is 23.6 Å². The minimum absolute atomic E-state index is 0.0766. The van der Waals surface area contributed by atoms with Gasteiger partial charge < -0.3 is 14.7 Å². The monoisotopic (exact) mass is 399 g/mol. The van der Waals surface area contributed by atoms with Gasteiger partial charge in [-0.1, -0.05) is 12.1 Å². The minimum atomic E-state index is 0.0766. The molecule has 2 fully saturated rings. The zero-order chi connectivity index (χ0) is 19.3. The average Bonchev–Trinajstić information content (AvgIpc) is 3.29. The lowest BCUT2D eigenvalue weighted by atomic mass is 10.2. The van der Waals surface area contributed by atoms with Gasteiger partial charge in [0, 0.05) is 58.6 Å². The van der Waals surface area contributed by atoms with E-state index < -0.39 is 0 Å². The predicted octanol–water partition coefficient (Wildman–Crippen LogP) is 1.25. The maximum atomic E-state index is 12.7. The van der Waals surface area contributed by atoms with Gasteiger partial charge >= 0.3 is 0 Å². The number of rotatable bonds is 4. The third-order valence-corrected chi connectivity index (χ3v) is 6.21. The molecule has 4 rings (SSSR count). The Kier molecular flexibility index (Phi) is 5.87. The van der Waals surface area contributed by atoms with Crippen molar-refractivity contribution in [2.24, 2.45) is 0 Å². The molecule has 0 spiro atoms. The normalized spacial score (nSPS) is 18.4. The third-order valence-electron chi connectivity index (χ3n) is 5.36. The quantitative estimate of drug-likeness (QED) is 0.775. The number of hydrogen-bond acceptors (Lipinski definition) is 6. The number of carbonyl (C=O) groups is 2. The number of pyridine rings is 1. The molecule has 2 amide bonds. The molecule has 0 radical (unpaired) electrons. The van der Waals surface area contributed by atoms with E-state index in [-0.39, 0.29) is 11.8 Å². The zero-order valence-corrected chi connectivity index (χ0v) is 16.7. The number of aromatic nitrogens is 1. The van der Waals surface area contributed by atoms with Crippen LogP contribution in [0.5, 0.6) is 0 Å². The molecule has 0 aliphatic carbocycles. The molecular weight excluding hydrogens is 374 g/mol. The molecule has 0 N–H and O–H groups in total. The summed E-state index contributed by atoms with van der Waals surface area (Å²) < 4.78 is 0. The maximum Gasteiger partial charge on any atom is 0.264 e. The Balaban J connectivity index is 1.22. The first-order valence-corrected chi connectivity index (χ1v) is 10.6. The van der Waals surface area contributed by atoms with Gasteiger partial charge in [0.25, 0.3) is 5.91 Å². The molecule has 2 aromatic heterocycles. The van der Waals surface area contributed by atoms with Crippen molar-refractivity contribution in [3.63, 3.8) is 0 Å². The summed E-state index contributed by atoms with van der Waals surface area (Å²) in [4.78, 5) is 38.5. The van der Waals surface area contributed by atoms with Gasteiger partial charge in [-0.2, -0.15) is 0 Å². The van der Waals surface area contributed by atoms with E-state index in [1.54, 1.807) is 0 Å². The Morgan fingerprint density at radius 3 is 2.29 bits per heavy atom. The van der Waals surface area contributed by atoms with E-state index in [0.717, 1.165) is 36.9 Å². The number of thiophene rings is 1. The van der Waals surface area contributed by atoms with Gasteiger partial charge in [-0.15, -0.1) is 11.3 Å². The van der Waals surface area contributed by atoms with Crippen molar-refractivity contribution >= 4 is 29.0 Å². The second-order valence-electron chi connectivity index (χ2n) is 7.10. The maximum absolute atomic E-state index is 12.7. The highest BCUT2D eigenvalue weighted by Gasteiger charge is 2.27. The van der Waals surface area contributed by atoms with Crippen LogP contribution in [0.1, 0.15) is 9.67 Å². The predicted molar refractivity (Wildman–Crippen MR) is 110 cm³/mol. The number of hydrogen-bond donors (Lipinski definition) is 0. The van der Waals surface area contributed by atoms with E-state index in [1.165, 1.54) is 11.3 Å². The van der Waals surface area contributed by atoms with E-state index >= 15 is 0 Å². The summed E-state index contributed by atoms with van der Waals surface area (Å²) in [5.74, 6) is 1.24. The van der Waals surface area contributed by atoms with Crippen molar-refractivity contribution in [1.29, 1.82) is 0 Å². The lowest BCUT2D eigenvalue weighted by Gasteiger charge is -2.38. The van der Waals surface area contributed by atoms with E-state index in [9.17, 15) is 9.59 Å². The van der Waals surface area contributed by atoms with Gasteiger partial charge in [-0.25, -0.2) is 4.98 Å². The summed E-state index contributed by atoms with van der Waals surface area (Å²) in [6.07, 6.45) is 1.81. The van der Waals surface area contributed by atoms with Crippen LogP contribution in [0, 0.1) is 0 Å². The largest absolute Gasteiger partial charge is 0.354 e. The van der Waals surface area contributed by atoms with Crippen molar-refractivity contribution in [3.8, 4) is 0 Å². The van der Waals surface area contributed by atoms with Crippen molar-refractivity contribution in [1.82, 2.24) is 19.7 Å². The first-order valence-electron chi connectivity index (χ1n) is 9.69. The van der Waals surface area contributed by atoms with Crippen molar-refractivity contribution < 1.29 is 9.59 Å². The van der Waals surface area contributed by atoms with Crippen LogP contribution in [-0.4, -0.2) is 90.4 Å². The molecule has 148 valence electrons. The van der Waals surface area contributed by atoms with Crippen LogP contribution in [-0.2, 0) is 4.79 Å². The second kappa shape index (κ2) is 8.70. The average molecular weight is 400 g/mol. The summed E-state index contributed by atoms with van der Waals surface area (Å²) in [7, 11) is 0. The second-order valence-corrected chi connectivity index (χ2v) is 8.05. The van der Waals surface area contributed by atoms with Gasteiger partial charge in [0.05, 0.1) is 11.4 Å². The first kappa shape index (κ1) is 18.9. The van der Waals surface area contributed by atoms with Crippen LogP contribution in [0.4, 0.5) is 5.82 Å². The SMILES string of the molecule is O=C(CN1CCN(c2ccccn2)CC1)N1CCN(C(=O)c2cccs2)CC1. The van der Waals surface area contributed by atoms with Crippen LogP contribution in [0.2, 0.25) is 0 Å². The minimum Gasteiger partial charge on any atom is -0.354 e. The lowest BCUT2D eigenvalue weighted by Crippen LogP contribution is -2.54. The molecule has 2 aromatic rings. The van der Waals surface area contributed by atoms with Crippen molar-refractivity contribution in [2.45, 2.75) is 0 Å². The van der Waals surface area contributed by atoms with Crippen LogP contribution >= 0.6 is 11.3 Å². The van der Waals surface area contributed by atoms with Gasteiger partial charge in [-0.3, -0.25) is 14.5 Å². The third kappa shape index (κ3) is 4.34. The van der Waals surface area contributed by atoms with E-state index in [2.05, 4.69) is 14.8 Å². The highest BCUT2D eigenvalue weighted by molar-refractivity contribution is 7.12. The van der Waals surface area contributed by atoms with Crippen molar-refractivity contribution in [3.05, 3.63) is 46.8 Å². The lowest BCUT2D eigenvalue weighted by molar-refractivity contribution is -0.134. The summed E-state index contributed by atoms with van der Waals surface area (Å²) in [6, 6.07) is 9.70. The van der Waals surface area contributed by atoms with Crippen LogP contribution in [0.25, 0.3) is 0 Å². The number of carbonyl (C=O) groups excluding carboxylic acids is 2. The molecule has 2 aliphatic heterocycles.